The number of carbonyl (C=O) groups excluding carboxylic acids is 2. The van der Waals surface area contributed by atoms with E-state index < -0.39 is 0 Å². The predicted octanol–water partition coefficient (Wildman–Crippen LogP) is 3.89. The molecule has 1 aromatic heterocycles. The molecule has 0 saturated carbocycles. The summed E-state index contributed by atoms with van der Waals surface area (Å²) in [4.78, 5) is 25.9. The van der Waals surface area contributed by atoms with Gasteiger partial charge in [-0.05, 0) is 44.4 Å². The van der Waals surface area contributed by atoms with E-state index in [1.807, 2.05) is 6.07 Å². The molecule has 0 spiro atoms. The molecule has 5 heteroatoms. The van der Waals surface area contributed by atoms with E-state index in [0.29, 0.717) is 31.9 Å². The summed E-state index contributed by atoms with van der Waals surface area (Å²) in [5.74, 6) is 0.447. The molecule has 0 aliphatic rings. The number of amides is 1. The number of esters is 1. The van der Waals surface area contributed by atoms with Gasteiger partial charge in [0.15, 0.2) is 0 Å². The maximum absolute atomic E-state index is 12.6. The van der Waals surface area contributed by atoms with Crippen molar-refractivity contribution in [2.24, 2.45) is 0 Å². The largest absolute Gasteiger partial charge is 0.467 e. The van der Waals surface area contributed by atoms with Crippen LogP contribution in [0.5, 0.6) is 0 Å². The zero-order valence-electron chi connectivity index (χ0n) is 15.6. The quantitative estimate of drug-likeness (QED) is 0.605. The van der Waals surface area contributed by atoms with Gasteiger partial charge in [0.05, 0.1) is 25.8 Å². The SMILES string of the molecule is CCOC(=O)CCN(Cc1ccco1)C(=O)CCCc1ccc(C)cc1. The highest BCUT2D eigenvalue weighted by Gasteiger charge is 2.17. The van der Waals surface area contributed by atoms with Crippen molar-refractivity contribution in [2.45, 2.75) is 46.1 Å². The molecule has 5 nitrogen and oxygen atoms in total. The highest BCUT2D eigenvalue weighted by atomic mass is 16.5. The fraction of sp³-hybridized carbons (Fsp3) is 0.429. The van der Waals surface area contributed by atoms with E-state index in [-0.39, 0.29) is 18.3 Å². The number of carbonyl (C=O) groups is 2. The fourth-order valence-electron chi connectivity index (χ4n) is 2.70. The van der Waals surface area contributed by atoms with Crippen molar-refractivity contribution in [2.75, 3.05) is 13.2 Å². The van der Waals surface area contributed by atoms with Gasteiger partial charge in [0.1, 0.15) is 5.76 Å². The van der Waals surface area contributed by atoms with Crippen LogP contribution in [0.4, 0.5) is 0 Å². The molecular weight excluding hydrogens is 330 g/mol. The number of hydrogen-bond donors (Lipinski definition) is 0. The fourth-order valence-corrected chi connectivity index (χ4v) is 2.70. The van der Waals surface area contributed by atoms with Crippen molar-refractivity contribution in [1.82, 2.24) is 4.90 Å². The van der Waals surface area contributed by atoms with Crippen molar-refractivity contribution in [1.29, 1.82) is 0 Å². The van der Waals surface area contributed by atoms with Gasteiger partial charge in [0.25, 0.3) is 0 Å². The molecule has 0 atom stereocenters. The van der Waals surface area contributed by atoms with E-state index in [9.17, 15) is 9.59 Å². The molecule has 0 unspecified atom stereocenters. The van der Waals surface area contributed by atoms with Crippen LogP contribution in [-0.4, -0.2) is 29.9 Å². The zero-order valence-corrected chi connectivity index (χ0v) is 15.6. The lowest BCUT2D eigenvalue weighted by atomic mass is 10.1. The Bertz CT molecular complexity index is 677. The van der Waals surface area contributed by atoms with Crippen LogP contribution in [0.1, 0.15) is 43.1 Å². The normalized spacial score (nSPS) is 10.5. The van der Waals surface area contributed by atoms with Gasteiger partial charge in [0.2, 0.25) is 5.91 Å². The Morgan fingerprint density at radius 1 is 1.12 bits per heavy atom. The van der Waals surface area contributed by atoms with Gasteiger partial charge in [-0.3, -0.25) is 9.59 Å². The van der Waals surface area contributed by atoms with Gasteiger partial charge in [-0.2, -0.15) is 0 Å². The smallest absolute Gasteiger partial charge is 0.307 e. The first-order valence-electron chi connectivity index (χ1n) is 9.09. The molecule has 0 aliphatic carbocycles. The van der Waals surface area contributed by atoms with Crippen molar-refractivity contribution in [3.05, 3.63) is 59.5 Å². The third-order valence-corrected chi connectivity index (χ3v) is 4.15. The Balaban J connectivity index is 1.86. The molecule has 1 heterocycles. The van der Waals surface area contributed by atoms with Crippen LogP contribution in [0.2, 0.25) is 0 Å². The second kappa shape index (κ2) is 10.4. The lowest BCUT2D eigenvalue weighted by molar-refractivity contribution is -0.144. The van der Waals surface area contributed by atoms with E-state index in [2.05, 4.69) is 31.2 Å². The number of benzene rings is 1. The Labute approximate surface area is 154 Å². The molecule has 0 radical (unpaired) electrons. The lowest BCUT2D eigenvalue weighted by Gasteiger charge is -2.21. The van der Waals surface area contributed by atoms with E-state index in [1.165, 1.54) is 11.1 Å². The second-order valence-electron chi connectivity index (χ2n) is 6.29. The van der Waals surface area contributed by atoms with Crippen molar-refractivity contribution in [3.63, 3.8) is 0 Å². The number of ether oxygens (including phenoxy) is 1. The first-order chi connectivity index (χ1) is 12.6. The molecule has 2 aromatic rings. The summed E-state index contributed by atoms with van der Waals surface area (Å²) in [7, 11) is 0. The first kappa shape index (κ1) is 19.8. The number of nitrogens with zero attached hydrogens (tertiary/aromatic N) is 1. The first-order valence-corrected chi connectivity index (χ1v) is 9.09. The van der Waals surface area contributed by atoms with Crippen LogP contribution in [0, 0.1) is 6.92 Å². The molecule has 0 bridgehead atoms. The van der Waals surface area contributed by atoms with E-state index in [4.69, 9.17) is 9.15 Å². The van der Waals surface area contributed by atoms with Crippen molar-refractivity contribution < 1.29 is 18.7 Å². The highest BCUT2D eigenvalue weighted by Crippen LogP contribution is 2.12. The minimum Gasteiger partial charge on any atom is -0.467 e. The minimum absolute atomic E-state index is 0.0258. The Hall–Kier alpha value is -2.56. The van der Waals surface area contributed by atoms with Crippen LogP contribution < -0.4 is 0 Å². The summed E-state index contributed by atoms with van der Waals surface area (Å²) in [6.07, 6.45) is 3.85. The molecule has 26 heavy (non-hydrogen) atoms. The molecule has 1 aromatic carbocycles. The summed E-state index contributed by atoms with van der Waals surface area (Å²) in [6, 6.07) is 12.0. The molecule has 0 fully saturated rings. The van der Waals surface area contributed by atoms with Crippen LogP contribution in [0.3, 0.4) is 0 Å². The van der Waals surface area contributed by atoms with Gasteiger partial charge in [0, 0.05) is 13.0 Å². The molecule has 2 rings (SSSR count). The van der Waals surface area contributed by atoms with Crippen LogP contribution in [0.25, 0.3) is 0 Å². The van der Waals surface area contributed by atoms with Gasteiger partial charge < -0.3 is 14.1 Å². The van der Waals surface area contributed by atoms with Crippen LogP contribution >= 0.6 is 0 Å². The standard InChI is InChI=1S/C21H27NO4/c1-3-25-21(24)13-14-22(16-19-7-5-15-26-19)20(23)8-4-6-18-11-9-17(2)10-12-18/h5,7,9-12,15H,3-4,6,8,13-14,16H2,1-2H3. The van der Waals surface area contributed by atoms with Crippen LogP contribution in [0.15, 0.2) is 47.1 Å². The summed E-state index contributed by atoms with van der Waals surface area (Å²) in [5, 5.41) is 0. The number of aryl methyl sites for hydroxylation is 2. The minimum atomic E-state index is -0.288. The lowest BCUT2D eigenvalue weighted by Crippen LogP contribution is -2.32. The average Bonchev–Trinajstić information content (AvgIpc) is 3.13. The molecule has 140 valence electrons. The summed E-state index contributed by atoms with van der Waals surface area (Å²) in [5.41, 5.74) is 2.46. The molecule has 0 saturated heterocycles. The van der Waals surface area contributed by atoms with E-state index in [1.54, 1.807) is 24.2 Å². The summed E-state index contributed by atoms with van der Waals surface area (Å²) in [6.45, 7) is 4.89. The van der Waals surface area contributed by atoms with Gasteiger partial charge in [-0.25, -0.2) is 0 Å². The topological polar surface area (TPSA) is 59.8 Å². The van der Waals surface area contributed by atoms with E-state index in [0.717, 1.165) is 12.8 Å². The number of furan rings is 1. The third kappa shape index (κ3) is 6.75. The van der Waals surface area contributed by atoms with Crippen molar-refractivity contribution >= 4 is 11.9 Å². The average molecular weight is 357 g/mol. The number of rotatable bonds is 10. The number of hydrogen-bond acceptors (Lipinski definition) is 4. The molecule has 0 aliphatic heterocycles. The predicted molar refractivity (Wildman–Crippen MR) is 99.5 cm³/mol. The second-order valence-corrected chi connectivity index (χ2v) is 6.29. The Morgan fingerprint density at radius 2 is 1.88 bits per heavy atom. The summed E-state index contributed by atoms with van der Waals surface area (Å²) < 4.78 is 10.3. The molecule has 1 amide bonds. The van der Waals surface area contributed by atoms with Crippen molar-refractivity contribution in [3.8, 4) is 0 Å². The van der Waals surface area contributed by atoms with Gasteiger partial charge >= 0.3 is 5.97 Å². The molecular formula is C21H27NO4. The Morgan fingerprint density at radius 3 is 2.54 bits per heavy atom. The maximum atomic E-state index is 12.6. The van der Waals surface area contributed by atoms with E-state index >= 15 is 0 Å². The maximum Gasteiger partial charge on any atom is 0.307 e. The van der Waals surface area contributed by atoms with Crippen LogP contribution in [-0.2, 0) is 27.3 Å². The van der Waals surface area contributed by atoms with Gasteiger partial charge in [-0.1, -0.05) is 29.8 Å². The zero-order chi connectivity index (χ0) is 18.8. The monoisotopic (exact) mass is 357 g/mol. The molecule has 0 N–H and O–H groups in total. The van der Waals surface area contributed by atoms with Gasteiger partial charge in [-0.15, -0.1) is 0 Å². The summed E-state index contributed by atoms with van der Waals surface area (Å²) >= 11 is 0. The Kier molecular flexibility index (Phi) is 7.93. The highest BCUT2D eigenvalue weighted by molar-refractivity contribution is 5.77. The third-order valence-electron chi connectivity index (χ3n) is 4.15.